The van der Waals surface area contributed by atoms with Crippen LogP contribution < -0.4 is 10.2 Å². The Balaban J connectivity index is 0.00000112. The first-order valence-corrected chi connectivity index (χ1v) is 5.07. The Labute approximate surface area is 100 Å². The van der Waals surface area contributed by atoms with Gasteiger partial charge in [0.25, 0.3) is 0 Å². The molecule has 1 atom stereocenters. The largest absolute Gasteiger partial charge is 0.355 e. The number of nitrogens with one attached hydrogen (secondary N) is 1. The Hall–Kier alpha value is -0.580. The number of rotatable bonds is 2. The molecule has 1 aliphatic rings. The number of aromatic nitrogens is 2. The summed E-state index contributed by atoms with van der Waals surface area (Å²) < 4.78 is 0. The van der Waals surface area contributed by atoms with Crippen molar-refractivity contribution in [3.05, 3.63) is 17.5 Å². The summed E-state index contributed by atoms with van der Waals surface area (Å²) in [6.45, 7) is 2.09. The summed E-state index contributed by atoms with van der Waals surface area (Å²) in [6, 6.07) is 2.39. The second-order valence-corrected chi connectivity index (χ2v) is 3.78. The summed E-state index contributed by atoms with van der Waals surface area (Å²) in [5.41, 5.74) is 0. The van der Waals surface area contributed by atoms with E-state index in [0.29, 0.717) is 11.3 Å². The molecule has 1 N–H and O–H groups in total. The van der Waals surface area contributed by atoms with Crippen LogP contribution in [0.5, 0.6) is 0 Å². The zero-order valence-corrected chi connectivity index (χ0v) is 10.1. The fourth-order valence-electron chi connectivity index (χ4n) is 1.68. The Morgan fingerprint density at radius 3 is 3.00 bits per heavy atom. The summed E-state index contributed by atoms with van der Waals surface area (Å²) in [5.74, 6) is 0.888. The molecule has 4 nitrogen and oxygen atoms in total. The number of anilines is 1. The Bertz CT molecular complexity index is 315. The topological polar surface area (TPSA) is 41.1 Å². The lowest BCUT2D eigenvalue weighted by atomic mass is 10.2. The van der Waals surface area contributed by atoms with Crippen molar-refractivity contribution in [2.24, 2.45) is 0 Å². The highest BCUT2D eigenvalue weighted by Gasteiger charge is 2.20. The quantitative estimate of drug-likeness (QED) is 0.803. The summed E-state index contributed by atoms with van der Waals surface area (Å²) >= 11 is 5.73. The van der Waals surface area contributed by atoms with Gasteiger partial charge in [0.1, 0.15) is 5.82 Å². The minimum absolute atomic E-state index is 0. The summed E-state index contributed by atoms with van der Waals surface area (Å²) in [5, 5.41) is 3.63. The molecule has 0 saturated carbocycles. The van der Waals surface area contributed by atoms with Crippen LogP contribution in [0.15, 0.2) is 12.3 Å². The van der Waals surface area contributed by atoms with Crippen LogP contribution in [-0.4, -0.2) is 36.1 Å². The first-order chi connectivity index (χ1) is 6.77. The number of likely N-dealkylation sites (N-methyl/N-ethyl adjacent to an activating group) is 1. The van der Waals surface area contributed by atoms with E-state index in [4.69, 9.17) is 11.6 Å². The lowest BCUT2D eigenvalue weighted by Crippen LogP contribution is -2.33. The van der Waals surface area contributed by atoms with Crippen molar-refractivity contribution in [1.82, 2.24) is 15.3 Å². The van der Waals surface area contributed by atoms with E-state index in [1.54, 1.807) is 6.20 Å². The molecule has 2 heterocycles. The predicted molar refractivity (Wildman–Crippen MR) is 64.0 cm³/mol. The first kappa shape index (κ1) is 12.5. The number of hydrogen-bond acceptors (Lipinski definition) is 4. The molecule has 0 aromatic carbocycles. The van der Waals surface area contributed by atoms with Crippen molar-refractivity contribution in [2.75, 3.05) is 25.0 Å². The Kier molecular flexibility index (Phi) is 4.57. The standard InChI is InChI=1S/C9H13ClN4.ClH/c1-14(7-2-4-11-6-7)8-3-5-12-9(10)13-8;/h3,5,7,11H,2,4,6H2,1H3;1H/t7-;/m1./s1. The smallest absolute Gasteiger partial charge is 0.224 e. The third-order valence-corrected chi connectivity index (χ3v) is 2.74. The highest BCUT2D eigenvalue weighted by Crippen LogP contribution is 2.16. The molecule has 84 valence electrons. The number of hydrogen-bond donors (Lipinski definition) is 1. The van der Waals surface area contributed by atoms with E-state index in [1.807, 2.05) is 13.1 Å². The van der Waals surface area contributed by atoms with Crippen LogP contribution in [0.3, 0.4) is 0 Å². The van der Waals surface area contributed by atoms with E-state index in [9.17, 15) is 0 Å². The van der Waals surface area contributed by atoms with Crippen LogP contribution in [0.1, 0.15) is 6.42 Å². The summed E-state index contributed by atoms with van der Waals surface area (Å²) in [7, 11) is 2.04. The Morgan fingerprint density at radius 1 is 1.60 bits per heavy atom. The normalized spacial score (nSPS) is 19.7. The van der Waals surface area contributed by atoms with Crippen LogP contribution in [0, 0.1) is 0 Å². The molecule has 0 amide bonds. The molecule has 1 fully saturated rings. The van der Waals surface area contributed by atoms with Gasteiger partial charge in [-0.2, -0.15) is 0 Å². The van der Waals surface area contributed by atoms with Crippen LogP contribution in [-0.2, 0) is 0 Å². The SMILES string of the molecule is CN(c1ccnc(Cl)n1)[C@@H]1CCNC1.Cl. The van der Waals surface area contributed by atoms with Gasteiger partial charge >= 0.3 is 0 Å². The van der Waals surface area contributed by atoms with E-state index in [1.165, 1.54) is 0 Å². The van der Waals surface area contributed by atoms with Gasteiger partial charge in [-0.05, 0) is 30.6 Å². The molecule has 1 aliphatic heterocycles. The van der Waals surface area contributed by atoms with Crippen molar-refractivity contribution >= 4 is 29.8 Å². The number of halogens is 2. The van der Waals surface area contributed by atoms with E-state index in [2.05, 4.69) is 20.2 Å². The monoisotopic (exact) mass is 248 g/mol. The molecular weight excluding hydrogens is 235 g/mol. The molecule has 0 radical (unpaired) electrons. The zero-order valence-electron chi connectivity index (χ0n) is 8.48. The molecule has 15 heavy (non-hydrogen) atoms. The fraction of sp³-hybridized carbons (Fsp3) is 0.556. The van der Waals surface area contributed by atoms with Crippen LogP contribution in [0.2, 0.25) is 5.28 Å². The van der Waals surface area contributed by atoms with Crippen molar-refractivity contribution < 1.29 is 0 Å². The summed E-state index contributed by atoms with van der Waals surface area (Å²) in [6.07, 6.45) is 2.83. The molecule has 1 saturated heterocycles. The van der Waals surface area contributed by atoms with Crippen molar-refractivity contribution in [1.29, 1.82) is 0 Å². The van der Waals surface area contributed by atoms with E-state index in [-0.39, 0.29) is 12.4 Å². The van der Waals surface area contributed by atoms with Crippen LogP contribution in [0.4, 0.5) is 5.82 Å². The Morgan fingerprint density at radius 2 is 2.40 bits per heavy atom. The lowest BCUT2D eigenvalue weighted by Gasteiger charge is -2.24. The molecule has 0 bridgehead atoms. The lowest BCUT2D eigenvalue weighted by molar-refractivity contribution is 0.677. The van der Waals surface area contributed by atoms with E-state index < -0.39 is 0 Å². The van der Waals surface area contributed by atoms with Gasteiger partial charge in [0.2, 0.25) is 5.28 Å². The zero-order chi connectivity index (χ0) is 9.97. The minimum atomic E-state index is 0. The summed E-state index contributed by atoms with van der Waals surface area (Å²) in [4.78, 5) is 10.2. The van der Waals surface area contributed by atoms with Crippen molar-refractivity contribution in [2.45, 2.75) is 12.5 Å². The predicted octanol–water partition coefficient (Wildman–Crippen LogP) is 1.35. The molecule has 0 unspecified atom stereocenters. The van der Waals surface area contributed by atoms with Gasteiger partial charge in [-0.25, -0.2) is 9.97 Å². The maximum absolute atomic E-state index is 5.73. The second-order valence-electron chi connectivity index (χ2n) is 3.44. The van der Waals surface area contributed by atoms with Gasteiger partial charge in [-0.1, -0.05) is 0 Å². The minimum Gasteiger partial charge on any atom is -0.355 e. The molecule has 0 aliphatic carbocycles. The van der Waals surface area contributed by atoms with Gasteiger partial charge in [0.15, 0.2) is 0 Å². The maximum atomic E-state index is 5.73. The average Bonchev–Trinajstić information content (AvgIpc) is 2.69. The molecule has 6 heteroatoms. The van der Waals surface area contributed by atoms with Gasteiger partial charge < -0.3 is 10.2 Å². The van der Waals surface area contributed by atoms with Crippen molar-refractivity contribution in [3.63, 3.8) is 0 Å². The molecule has 0 spiro atoms. The van der Waals surface area contributed by atoms with Gasteiger partial charge in [-0.15, -0.1) is 12.4 Å². The second kappa shape index (κ2) is 5.49. The van der Waals surface area contributed by atoms with Gasteiger partial charge in [-0.3, -0.25) is 0 Å². The fourth-order valence-corrected chi connectivity index (χ4v) is 1.82. The molecule has 2 rings (SSSR count). The number of nitrogens with zero attached hydrogens (tertiary/aromatic N) is 3. The molecule has 1 aromatic rings. The van der Waals surface area contributed by atoms with Crippen molar-refractivity contribution in [3.8, 4) is 0 Å². The molecular formula is C9H14Cl2N4. The average molecular weight is 249 g/mol. The van der Waals surface area contributed by atoms with E-state index >= 15 is 0 Å². The van der Waals surface area contributed by atoms with Crippen LogP contribution in [0.25, 0.3) is 0 Å². The van der Waals surface area contributed by atoms with Crippen LogP contribution >= 0.6 is 24.0 Å². The van der Waals surface area contributed by atoms with Gasteiger partial charge in [0.05, 0.1) is 0 Å². The van der Waals surface area contributed by atoms with E-state index in [0.717, 1.165) is 25.3 Å². The maximum Gasteiger partial charge on any atom is 0.224 e. The highest BCUT2D eigenvalue weighted by molar-refractivity contribution is 6.28. The molecule has 1 aromatic heterocycles. The third-order valence-electron chi connectivity index (χ3n) is 2.55. The third kappa shape index (κ3) is 2.93. The highest BCUT2D eigenvalue weighted by atomic mass is 35.5. The van der Waals surface area contributed by atoms with Gasteiger partial charge in [0, 0.05) is 25.8 Å². The first-order valence-electron chi connectivity index (χ1n) is 4.69.